The van der Waals surface area contributed by atoms with E-state index in [0.29, 0.717) is 11.3 Å². The van der Waals surface area contributed by atoms with Crippen molar-refractivity contribution < 1.29 is 9.59 Å². The smallest absolute Gasteiger partial charge is 0.282 e. The van der Waals surface area contributed by atoms with E-state index >= 15 is 0 Å². The molecule has 0 unspecified atom stereocenters. The van der Waals surface area contributed by atoms with E-state index in [-0.39, 0.29) is 18.5 Å². The molecule has 0 aromatic heterocycles. The van der Waals surface area contributed by atoms with Crippen LogP contribution in [0.25, 0.3) is 0 Å². The largest absolute Gasteiger partial charge is 0.332 e. The Hall–Kier alpha value is -3.13. The molecule has 120 valence electrons. The molecule has 5 nitrogen and oxygen atoms in total. The van der Waals surface area contributed by atoms with Crippen molar-refractivity contribution in [1.82, 2.24) is 4.90 Å². The van der Waals surface area contributed by atoms with Gasteiger partial charge in [0.2, 0.25) is 0 Å². The molecule has 0 aliphatic carbocycles. The van der Waals surface area contributed by atoms with Gasteiger partial charge in [0.05, 0.1) is 18.2 Å². The van der Waals surface area contributed by atoms with Gasteiger partial charge in [-0.05, 0) is 43.7 Å². The maximum atomic E-state index is 12.7. The van der Waals surface area contributed by atoms with Crippen LogP contribution in [0.15, 0.2) is 48.5 Å². The number of carbonyl (C=O) groups excluding carboxylic acids is 2. The predicted molar refractivity (Wildman–Crippen MR) is 90.2 cm³/mol. The highest BCUT2D eigenvalue weighted by molar-refractivity contribution is 6.13. The first kappa shape index (κ1) is 15.8. The van der Waals surface area contributed by atoms with E-state index in [1.807, 2.05) is 37.3 Å². The van der Waals surface area contributed by atoms with Gasteiger partial charge in [-0.25, -0.2) is 4.79 Å². The van der Waals surface area contributed by atoms with E-state index < -0.39 is 6.04 Å². The van der Waals surface area contributed by atoms with Crippen LogP contribution in [0.4, 0.5) is 10.5 Å². The summed E-state index contributed by atoms with van der Waals surface area (Å²) in [5, 5.41) is 8.84. The fourth-order valence-electron chi connectivity index (χ4n) is 2.78. The van der Waals surface area contributed by atoms with E-state index in [9.17, 15) is 9.59 Å². The van der Waals surface area contributed by atoms with E-state index in [2.05, 4.69) is 0 Å². The molecule has 5 heteroatoms. The first-order valence-corrected chi connectivity index (χ1v) is 7.71. The lowest BCUT2D eigenvalue weighted by Gasteiger charge is -2.19. The summed E-state index contributed by atoms with van der Waals surface area (Å²) in [6.45, 7) is 3.91. The van der Waals surface area contributed by atoms with E-state index in [1.165, 1.54) is 9.80 Å². The molecular weight excluding hydrogens is 302 g/mol. The van der Waals surface area contributed by atoms with Gasteiger partial charge in [0.25, 0.3) is 5.91 Å². The molecule has 1 heterocycles. The van der Waals surface area contributed by atoms with Gasteiger partial charge in [0.1, 0.15) is 6.04 Å². The molecule has 1 aliphatic rings. The molecule has 1 aliphatic heterocycles. The summed E-state index contributed by atoms with van der Waals surface area (Å²) in [7, 11) is 0. The van der Waals surface area contributed by atoms with Crippen LogP contribution >= 0.6 is 0 Å². The Labute approximate surface area is 140 Å². The van der Waals surface area contributed by atoms with Crippen molar-refractivity contribution in [2.45, 2.75) is 26.4 Å². The molecule has 2 aromatic carbocycles. The summed E-state index contributed by atoms with van der Waals surface area (Å²) in [5.74, 6) is -0.218. The Morgan fingerprint density at radius 2 is 1.67 bits per heavy atom. The van der Waals surface area contributed by atoms with Crippen LogP contribution < -0.4 is 4.90 Å². The molecule has 0 bridgehead atoms. The lowest BCUT2D eigenvalue weighted by molar-refractivity contribution is -0.127. The first-order valence-electron chi connectivity index (χ1n) is 7.71. The highest BCUT2D eigenvalue weighted by Gasteiger charge is 2.43. The lowest BCUT2D eigenvalue weighted by Crippen LogP contribution is -2.33. The minimum Gasteiger partial charge on any atom is -0.282 e. The van der Waals surface area contributed by atoms with Crippen LogP contribution in [0.5, 0.6) is 0 Å². The summed E-state index contributed by atoms with van der Waals surface area (Å²) in [5.41, 5.74) is 3.17. The molecule has 0 N–H and O–H groups in total. The van der Waals surface area contributed by atoms with Crippen molar-refractivity contribution in [3.05, 3.63) is 65.2 Å². The molecule has 0 saturated carbocycles. The van der Waals surface area contributed by atoms with E-state index in [0.717, 1.165) is 11.1 Å². The SMILES string of the molecule is Cc1ccc(N2C(=O)N(Cc3ccc(C#N)cc3)C(=O)[C@@H]2C)cc1. The summed E-state index contributed by atoms with van der Waals surface area (Å²) >= 11 is 0. The van der Waals surface area contributed by atoms with Crippen molar-refractivity contribution in [3.8, 4) is 6.07 Å². The Balaban J connectivity index is 1.84. The first-order chi connectivity index (χ1) is 11.5. The van der Waals surface area contributed by atoms with Crippen molar-refractivity contribution in [1.29, 1.82) is 5.26 Å². The van der Waals surface area contributed by atoms with E-state index in [1.54, 1.807) is 31.2 Å². The predicted octanol–water partition coefficient (Wildman–Crippen LogP) is 3.22. The average molecular weight is 319 g/mol. The zero-order valence-electron chi connectivity index (χ0n) is 13.6. The van der Waals surface area contributed by atoms with Crippen LogP contribution in [0.1, 0.15) is 23.6 Å². The van der Waals surface area contributed by atoms with Crippen LogP contribution in [0, 0.1) is 18.3 Å². The van der Waals surface area contributed by atoms with Crippen molar-refractivity contribution in [3.63, 3.8) is 0 Å². The Bertz CT molecular complexity index is 819. The molecule has 24 heavy (non-hydrogen) atoms. The number of hydrogen-bond acceptors (Lipinski definition) is 3. The number of nitriles is 1. The minimum absolute atomic E-state index is 0.204. The van der Waals surface area contributed by atoms with Gasteiger partial charge in [-0.1, -0.05) is 29.8 Å². The number of nitrogens with zero attached hydrogens (tertiary/aromatic N) is 3. The molecule has 1 saturated heterocycles. The number of rotatable bonds is 3. The zero-order chi connectivity index (χ0) is 17.3. The number of carbonyl (C=O) groups is 2. The second kappa shape index (κ2) is 6.17. The third-order valence-electron chi connectivity index (χ3n) is 4.18. The maximum absolute atomic E-state index is 12.7. The van der Waals surface area contributed by atoms with Crippen LogP contribution in [-0.2, 0) is 11.3 Å². The quantitative estimate of drug-likeness (QED) is 0.816. The number of urea groups is 1. The van der Waals surface area contributed by atoms with Crippen LogP contribution in [0.2, 0.25) is 0 Å². The highest BCUT2D eigenvalue weighted by Crippen LogP contribution is 2.27. The van der Waals surface area contributed by atoms with Gasteiger partial charge >= 0.3 is 6.03 Å². The topological polar surface area (TPSA) is 64.4 Å². The van der Waals surface area contributed by atoms with Gasteiger partial charge in [0.15, 0.2) is 0 Å². The summed E-state index contributed by atoms with van der Waals surface area (Å²) < 4.78 is 0. The van der Waals surface area contributed by atoms with Crippen molar-refractivity contribution in [2.24, 2.45) is 0 Å². The normalized spacial score (nSPS) is 17.3. The number of hydrogen-bond donors (Lipinski definition) is 0. The monoisotopic (exact) mass is 319 g/mol. The third-order valence-corrected chi connectivity index (χ3v) is 4.18. The number of amides is 3. The molecule has 1 atom stereocenters. The second-order valence-corrected chi connectivity index (χ2v) is 5.90. The van der Waals surface area contributed by atoms with Gasteiger partial charge in [0, 0.05) is 5.69 Å². The number of anilines is 1. The van der Waals surface area contributed by atoms with Crippen LogP contribution in [-0.4, -0.2) is 22.9 Å². The number of benzene rings is 2. The Kier molecular flexibility index (Phi) is 4.05. The third kappa shape index (κ3) is 2.74. The molecule has 0 spiro atoms. The van der Waals surface area contributed by atoms with Crippen LogP contribution in [0.3, 0.4) is 0 Å². The fraction of sp³-hybridized carbons (Fsp3) is 0.211. The second-order valence-electron chi connectivity index (χ2n) is 5.90. The number of aryl methyl sites for hydroxylation is 1. The van der Waals surface area contributed by atoms with Gasteiger partial charge in [-0.3, -0.25) is 14.6 Å². The molecule has 3 rings (SSSR count). The minimum atomic E-state index is -0.529. The van der Waals surface area contributed by atoms with Gasteiger partial charge in [-0.15, -0.1) is 0 Å². The molecule has 1 fully saturated rings. The summed E-state index contributed by atoms with van der Waals surface area (Å²) in [4.78, 5) is 28.0. The molecular formula is C19H17N3O2. The molecule has 0 radical (unpaired) electrons. The average Bonchev–Trinajstić information content (AvgIpc) is 2.80. The van der Waals surface area contributed by atoms with E-state index in [4.69, 9.17) is 5.26 Å². The van der Waals surface area contributed by atoms with Crippen molar-refractivity contribution >= 4 is 17.6 Å². The number of imide groups is 1. The van der Waals surface area contributed by atoms with Gasteiger partial charge in [-0.2, -0.15) is 5.26 Å². The Morgan fingerprint density at radius 3 is 2.25 bits per heavy atom. The lowest BCUT2D eigenvalue weighted by atomic mass is 10.1. The molecule has 3 amide bonds. The maximum Gasteiger partial charge on any atom is 0.332 e. The summed E-state index contributed by atoms with van der Waals surface area (Å²) in [6, 6.07) is 15.6. The van der Waals surface area contributed by atoms with Crippen molar-refractivity contribution in [2.75, 3.05) is 4.90 Å². The highest BCUT2D eigenvalue weighted by atomic mass is 16.2. The van der Waals surface area contributed by atoms with Gasteiger partial charge < -0.3 is 0 Å². The Morgan fingerprint density at radius 1 is 1.04 bits per heavy atom. The molecule has 2 aromatic rings. The summed E-state index contributed by atoms with van der Waals surface area (Å²) in [6.07, 6.45) is 0. The standard InChI is InChI=1S/C19H17N3O2/c1-13-3-9-17(10-4-13)22-14(2)18(23)21(19(22)24)12-16-7-5-15(11-20)6-8-16/h3-10,14H,12H2,1-2H3/t14-/m0/s1. The zero-order valence-corrected chi connectivity index (χ0v) is 13.6. The fourth-order valence-corrected chi connectivity index (χ4v) is 2.78.